The van der Waals surface area contributed by atoms with E-state index < -0.39 is 0 Å². The van der Waals surface area contributed by atoms with Crippen molar-refractivity contribution >= 4 is 5.97 Å². The highest BCUT2D eigenvalue weighted by Gasteiger charge is 1.99. The van der Waals surface area contributed by atoms with Gasteiger partial charge in [-0.2, -0.15) is 0 Å². The van der Waals surface area contributed by atoms with Crippen LogP contribution in [-0.2, 0) is 9.53 Å². The summed E-state index contributed by atoms with van der Waals surface area (Å²) in [6.45, 7) is 2.00. The van der Waals surface area contributed by atoms with Crippen LogP contribution in [0.15, 0.2) is 12.2 Å². The number of ether oxygens (including phenoxy) is 1. The molecule has 0 aliphatic rings. The molecule has 3 nitrogen and oxygen atoms in total. The monoisotopic (exact) mass is 157 g/mol. The maximum absolute atomic E-state index is 10.6. The van der Waals surface area contributed by atoms with E-state index in [4.69, 9.17) is 0 Å². The van der Waals surface area contributed by atoms with E-state index in [-0.39, 0.29) is 12.0 Å². The van der Waals surface area contributed by atoms with Gasteiger partial charge in [0.25, 0.3) is 0 Å². The third kappa shape index (κ3) is 4.56. The lowest BCUT2D eigenvalue weighted by atomic mass is 10.3. The Bertz CT molecular complexity index is 152. The summed E-state index contributed by atoms with van der Waals surface area (Å²) in [4.78, 5) is 12.6. The molecule has 64 valence electrons. The van der Waals surface area contributed by atoms with E-state index in [9.17, 15) is 4.79 Å². The van der Waals surface area contributed by atoms with Gasteiger partial charge in [-0.1, -0.05) is 6.08 Å². The fourth-order valence-electron chi connectivity index (χ4n) is 0.458. The molecule has 0 saturated heterocycles. The SMILES string of the molecule is COC(=O)/C=C/C(C)N(C)C. The molecule has 1 atom stereocenters. The molecule has 0 amide bonds. The van der Waals surface area contributed by atoms with E-state index in [1.165, 1.54) is 13.2 Å². The van der Waals surface area contributed by atoms with Crippen LogP contribution >= 0.6 is 0 Å². The second-order valence-electron chi connectivity index (χ2n) is 2.59. The lowest BCUT2D eigenvalue weighted by molar-refractivity contribution is -0.134. The summed E-state index contributed by atoms with van der Waals surface area (Å²) in [7, 11) is 5.27. The third-order valence-corrected chi connectivity index (χ3v) is 1.53. The molecule has 0 aliphatic heterocycles. The van der Waals surface area contributed by atoms with Gasteiger partial charge in [-0.05, 0) is 21.0 Å². The summed E-state index contributed by atoms with van der Waals surface area (Å²) >= 11 is 0. The summed E-state index contributed by atoms with van der Waals surface area (Å²) in [6, 6.07) is 0.258. The molecule has 0 spiro atoms. The number of hydrogen-bond acceptors (Lipinski definition) is 3. The summed E-state index contributed by atoms with van der Waals surface area (Å²) in [6.07, 6.45) is 3.23. The van der Waals surface area contributed by atoms with Crippen LogP contribution in [0.4, 0.5) is 0 Å². The van der Waals surface area contributed by atoms with Crippen LogP contribution in [0.2, 0.25) is 0 Å². The maximum atomic E-state index is 10.6. The van der Waals surface area contributed by atoms with Crippen LogP contribution in [0, 0.1) is 0 Å². The molecule has 0 rings (SSSR count). The molecule has 0 N–H and O–H groups in total. The normalized spacial score (nSPS) is 13.9. The summed E-state index contributed by atoms with van der Waals surface area (Å²) in [5.74, 6) is -0.307. The van der Waals surface area contributed by atoms with Crippen LogP contribution in [0.3, 0.4) is 0 Å². The van der Waals surface area contributed by atoms with E-state index in [1.54, 1.807) is 6.08 Å². The molecule has 11 heavy (non-hydrogen) atoms. The molecule has 0 aromatic heterocycles. The predicted molar refractivity (Wildman–Crippen MR) is 44.3 cm³/mol. The number of carbonyl (C=O) groups is 1. The van der Waals surface area contributed by atoms with Gasteiger partial charge in [-0.3, -0.25) is 0 Å². The average molecular weight is 157 g/mol. The smallest absolute Gasteiger partial charge is 0.330 e. The second kappa shape index (κ2) is 4.91. The Morgan fingerprint density at radius 2 is 2.09 bits per heavy atom. The van der Waals surface area contributed by atoms with Crippen LogP contribution in [0.25, 0.3) is 0 Å². The number of carbonyl (C=O) groups excluding carboxylic acids is 1. The van der Waals surface area contributed by atoms with Gasteiger partial charge in [0.05, 0.1) is 7.11 Å². The number of esters is 1. The Kier molecular flexibility index (Phi) is 4.54. The zero-order valence-electron chi connectivity index (χ0n) is 7.50. The van der Waals surface area contributed by atoms with Crippen molar-refractivity contribution in [2.24, 2.45) is 0 Å². The molecule has 0 aromatic rings. The van der Waals surface area contributed by atoms with Gasteiger partial charge in [-0.15, -0.1) is 0 Å². The van der Waals surface area contributed by atoms with Crippen molar-refractivity contribution in [3.8, 4) is 0 Å². The molecule has 0 aromatic carbocycles. The highest BCUT2D eigenvalue weighted by molar-refractivity contribution is 5.81. The fourth-order valence-corrected chi connectivity index (χ4v) is 0.458. The Hall–Kier alpha value is -0.830. The van der Waals surface area contributed by atoms with Crippen molar-refractivity contribution in [1.29, 1.82) is 0 Å². The average Bonchev–Trinajstić information content (AvgIpc) is 1.99. The Morgan fingerprint density at radius 1 is 1.55 bits per heavy atom. The molecule has 3 heteroatoms. The number of hydrogen-bond donors (Lipinski definition) is 0. The van der Waals surface area contributed by atoms with Gasteiger partial charge < -0.3 is 9.64 Å². The first-order valence-corrected chi connectivity index (χ1v) is 3.50. The van der Waals surface area contributed by atoms with Crippen LogP contribution in [0.1, 0.15) is 6.92 Å². The van der Waals surface area contributed by atoms with Crippen molar-refractivity contribution in [3.05, 3.63) is 12.2 Å². The molecule has 0 saturated carbocycles. The van der Waals surface area contributed by atoms with E-state index in [0.717, 1.165) is 0 Å². The Labute approximate surface area is 67.6 Å². The number of rotatable bonds is 3. The summed E-state index contributed by atoms with van der Waals surface area (Å²) in [5, 5.41) is 0. The zero-order valence-corrected chi connectivity index (χ0v) is 7.50. The minimum atomic E-state index is -0.307. The van der Waals surface area contributed by atoms with Crippen LogP contribution in [-0.4, -0.2) is 38.1 Å². The van der Waals surface area contributed by atoms with Gasteiger partial charge in [-0.25, -0.2) is 4.79 Å². The van der Waals surface area contributed by atoms with Crippen molar-refractivity contribution in [2.75, 3.05) is 21.2 Å². The maximum Gasteiger partial charge on any atom is 0.330 e. The largest absolute Gasteiger partial charge is 0.466 e. The van der Waals surface area contributed by atoms with Crippen molar-refractivity contribution < 1.29 is 9.53 Å². The molecule has 0 fully saturated rings. The summed E-state index contributed by atoms with van der Waals surface area (Å²) in [5.41, 5.74) is 0. The standard InChI is InChI=1S/C8H15NO2/c1-7(9(2)3)5-6-8(10)11-4/h5-7H,1-4H3/b6-5+. The van der Waals surface area contributed by atoms with Gasteiger partial charge in [0.15, 0.2) is 0 Å². The van der Waals surface area contributed by atoms with E-state index in [0.29, 0.717) is 0 Å². The molecule has 1 unspecified atom stereocenters. The first-order chi connectivity index (χ1) is 5.07. The number of nitrogens with zero attached hydrogens (tertiary/aromatic N) is 1. The van der Waals surface area contributed by atoms with Gasteiger partial charge >= 0.3 is 5.97 Å². The first kappa shape index (κ1) is 10.2. The Balaban J connectivity index is 3.82. The van der Waals surface area contributed by atoms with Crippen LogP contribution in [0.5, 0.6) is 0 Å². The third-order valence-electron chi connectivity index (χ3n) is 1.53. The summed E-state index contributed by atoms with van der Waals surface area (Å²) < 4.78 is 4.44. The molecule has 0 heterocycles. The number of methoxy groups -OCH3 is 1. The molecular formula is C8H15NO2. The first-order valence-electron chi connectivity index (χ1n) is 3.50. The molecule has 0 radical (unpaired) electrons. The number of likely N-dealkylation sites (N-methyl/N-ethyl adjacent to an activating group) is 1. The topological polar surface area (TPSA) is 29.5 Å². The predicted octanol–water partition coefficient (Wildman–Crippen LogP) is 0.666. The van der Waals surface area contributed by atoms with Crippen molar-refractivity contribution in [1.82, 2.24) is 4.90 Å². The van der Waals surface area contributed by atoms with Gasteiger partial charge in [0, 0.05) is 12.1 Å². The lowest BCUT2D eigenvalue weighted by Crippen LogP contribution is -2.22. The minimum Gasteiger partial charge on any atom is -0.466 e. The minimum absolute atomic E-state index is 0.258. The zero-order chi connectivity index (χ0) is 8.85. The highest BCUT2D eigenvalue weighted by Crippen LogP contribution is 1.93. The van der Waals surface area contributed by atoms with Gasteiger partial charge in [0.1, 0.15) is 0 Å². The molecular weight excluding hydrogens is 142 g/mol. The molecule has 0 bridgehead atoms. The van der Waals surface area contributed by atoms with E-state index in [2.05, 4.69) is 4.74 Å². The lowest BCUT2D eigenvalue weighted by Gasteiger charge is -2.14. The second-order valence-corrected chi connectivity index (χ2v) is 2.59. The fraction of sp³-hybridized carbons (Fsp3) is 0.625. The van der Waals surface area contributed by atoms with E-state index in [1.807, 2.05) is 25.9 Å². The quantitative estimate of drug-likeness (QED) is 0.445. The highest BCUT2D eigenvalue weighted by atomic mass is 16.5. The van der Waals surface area contributed by atoms with E-state index >= 15 is 0 Å². The van der Waals surface area contributed by atoms with Crippen molar-refractivity contribution in [3.63, 3.8) is 0 Å². The van der Waals surface area contributed by atoms with Crippen LogP contribution < -0.4 is 0 Å². The Morgan fingerprint density at radius 3 is 2.45 bits per heavy atom. The van der Waals surface area contributed by atoms with Gasteiger partial charge in [0.2, 0.25) is 0 Å². The van der Waals surface area contributed by atoms with Crippen molar-refractivity contribution in [2.45, 2.75) is 13.0 Å². The molecule has 0 aliphatic carbocycles.